The Hall–Kier alpha value is -3.61. The van der Waals surface area contributed by atoms with Crippen LogP contribution in [0.25, 0.3) is 5.57 Å². The minimum absolute atomic E-state index is 0.0661. The van der Waals surface area contributed by atoms with Crippen LogP contribution < -0.4 is 15.0 Å². The summed E-state index contributed by atoms with van der Waals surface area (Å²) in [4.78, 5) is 37.1. The first-order chi connectivity index (χ1) is 12.4. The molecule has 1 aliphatic heterocycles. The molecular formula is C19H16N2O5. The maximum atomic E-state index is 12.7. The largest absolute Gasteiger partial charge is 0.502 e. The fourth-order valence-corrected chi connectivity index (χ4v) is 2.67. The Kier molecular flexibility index (Phi) is 4.45. The van der Waals surface area contributed by atoms with E-state index in [1.54, 1.807) is 36.4 Å². The van der Waals surface area contributed by atoms with Crippen LogP contribution in [0, 0.1) is 0 Å². The van der Waals surface area contributed by atoms with Crippen molar-refractivity contribution in [1.82, 2.24) is 0 Å². The highest BCUT2D eigenvalue weighted by Gasteiger charge is 2.40. The van der Waals surface area contributed by atoms with Gasteiger partial charge < -0.3 is 15.2 Å². The molecule has 0 radical (unpaired) electrons. The summed E-state index contributed by atoms with van der Waals surface area (Å²) in [6.07, 6.45) is 0. The molecule has 2 aromatic carbocycles. The molecule has 0 fully saturated rings. The van der Waals surface area contributed by atoms with Gasteiger partial charge in [0.1, 0.15) is 5.75 Å². The van der Waals surface area contributed by atoms with Gasteiger partial charge >= 0.3 is 5.91 Å². The fraction of sp³-hybridized carbons (Fsp3) is 0.105. The number of nitrogens with one attached hydrogen (secondary N) is 1. The second-order valence-electron chi connectivity index (χ2n) is 5.63. The zero-order chi connectivity index (χ0) is 18.8. The standard InChI is InChI=1S/C19H16N2O5/c1-11(22)20-13-5-7-14(8-6-13)21-18(24)16(17(23)19(21)25)12-3-9-15(26-2)10-4-12/h3-10,23H,1-2H3,(H,20,22). The van der Waals surface area contributed by atoms with Gasteiger partial charge in [-0.1, -0.05) is 12.1 Å². The molecule has 2 aromatic rings. The average Bonchev–Trinajstić information content (AvgIpc) is 2.85. The fourth-order valence-electron chi connectivity index (χ4n) is 2.67. The van der Waals surface area contributed by atoms with Crippen LogP contribution >= 0.6 is 0 Å². The summed E-state index contributed by atoms with van der Waals surface area (Å²) in [7, 11) is 1.52. The van der Waals surface area contributed by atoms with Crippen molar-refractivity contribution in [3.8, 4) is 5.75 Å². The molecule has 3 rings (SSSR count). The van der Waals surface area contributed by atoms with Gasteiger partial charge in [-0.15, -0.1) is 0 Å². The van der Waals surface area contributed by atoms with E-state index < -0.39 is 17.6 Å². The predicted octanol–water partition coefficient (Wildman–Crippen LogP) is 2.50. The number of methoxy groups -OCH3 is 1. The molecule has 26 heavy (non-hydrogen) atoms. The average molecular weight is 352 g/mol. The molecule has 0 aromatic heterocycles. The van der Waals surface area contributed by atoms with E-state index in [-0.39, 0.29) is 11.5 Å². The molecule has 7 heteroatoms. The topological polar surface area (TPSA) is 95.9 Å². The third-order valence-corrected chi connectivity index (χ3v) is 3.88. The van der Waals surface area contributed by atoms with Crippen molar-refractivity contribution < 1.29 is 24.2 Å². The first-order valence-electron chi connectivity index (χ1n) is 7.76. The number of carbonyl (C=O) groups is 3. The number of aliphatic hydroxyl groups excluding tert-OH is 1. The van der Waals surface area contributed by atoms with Gasteiger partial charge in [0.15, 0.2) is 5.76 Å². The SMILES string of the molecule is COc1ccc(C2=C(O)C(=O)N(c3ccc(NC(C)=O)cc3)C2=O)cc1. The summed E-state index contributed by atoms with van der Waals surface area (Å²) in [6, 6.07) is 12.6. The van der Waals surface area contributed by atoms with Crippen molar-refractivity contribution in [2.45, 2.75) is 6.92 Å². The Morgan fingerprint density at radius 1 is 1.00 bits per heavy atom. The van der Waals surface area contributed by atoms with E-state index in [0.717, 1.165) is 4.90 Å². The lowest BCUT2D eigenvalue weighted by Gasteiger charge is -2.15. The number of benzene rings is 2. The molecule has 0 saturated heterocycles. The monoisotopic (exact) mass is 352 g/mol. The van der Waals surface area contributed by atoms with Crippen LogP contribution in [0.3, 0.4) is 0 Å². The summed E-state index contributed by atoms with van der Waals surface area (Å²) in [5, 5.41) is 12.8. The summed E-state index contributed by atoms with van der Waals surface area (Å²) < 4.78 is 5.06. The van der Waals surface area contributed by atoms with Crippen molar-refractivity contribution in [2.24, 2.45) is 0 Å². The van der Waals surface area contributed by atoms with Crippen molar-refractivity contribution in [2.75, 3.05) is 17.3 Å². The van der Waals surface area contributed by atoms with Crippen molar-refractivity contribution in [3.05, 3.63) is 59.9 Å². The molecule has 1 heterocycles. The van der Waals surface area contributed by atoms with Crippen LogP contribution in [-0.4, -0.2) is 29.9 Å². The molecule has 0 saturated carbocycles. The lowest BCUT2D eigenvalue weighted by atomic mass is 10.1. The molecular weight excluding hydrogens is 336 g/mol. The normalized spacial score (nSPS) is 14.0. The number of ether oxygens (including phenoxy) is 1. The molecule has 0 unspecified atom stereocenters. The van der Waals surface area contributed by atoms with Crippen molar-refractivity contribution in [1.29, 1.82) is 0 Å². The Bertz CT molecular complexity index is 914. The Morgan fingerprint density at radius 2 is 1.62 bits per heavy atom. The third kappa shape index (κ3) is 3.02. The summed E-state index contributed by atoms with van der Waals surface area (Å²) >= 11 is 0. The number of nitrogens with zero attached hydrogens (tertiary/aromatic N) is 1. The summed E-state index contributed by atoms with van der Waals surface area (Å²) in [5.41, 5.74) is 1.18. The molecule has 1 aliphatic rings. The second kappa shape index (κ2) is 6.72. The Morgan fingerprint density at radius 3 is 2.15 bits per heavy atom. The van der Waals surface area contributed by atoms with Crippen LogP contribution in [0.1, 0.15) is 12.5 Å². The molecule has 0 aliphatic carbocycles. The molecule has 3 amide bonds. The van der Waals surface area contributed by atoms with Crippen LogP contribution in [-0.2, 0) is 14.4 Å². The zero-order valence-electron chi connectivity index (χ0n) is 14.1. The van der Waals surface area contributed by atoms with Crippen LogP contribution in [0.5, 0.6) is 5.75 Å². The van der Waals surface area contributed by atoms with Crippen molar-refractivity contribution in [3.63, 3.8) is 0 Å². The first-order valence-corrected chi connectivity index (χ1v) is 7.76. The smallest absolute Gasteiger partial charge is 0.301 e. The summed E-state index contributed by atoms with van der Waals surface area (Å²) in [5.74, 6) is -1.66. The number of rotatable bonds is 4. The maximum absolute atomic E-state index is 12.7. The van der Waals surface area contributed by atoms with Gasteiger partial charge in [0.2, 0.25) is 5.91 Å². The van der Waals surface area contributed by atoms with Gasteiger partial charge in [0.05, 0.1) is 18.4 Å². The summed E-state index contributed by atoms with van der Waals surface area (Å²) in [6.45, 7) is 1.38. The third-order valence-electron chi connectivity index (χ3n) is 3.88. The number of anilines is 2. The number of aliphatic hydroxyl groups is 1. The number of imide groups is 1. The van der Waals surface area contributed by atoms with Gasteiger partial charge in [-0.25, -0.2) is 4.90 Å². The highest BCUT2D eigenvalue weighted by Crippen LogP contribution is 2.33. The van der Waals surface area contributed by atoms with Crippen molar-refractivity contribution >= 4 is 34.7 Å². The molecule has 2 N–H and O–H groups in total. The highest BCUT2D eigenvalue weighted by molar-refractivity contribution is 6.44. The molecule has 132 valence electrons. The Labute approximate surface area is 149 Å². The molecule has 0 atom stereocenters. The van der Waals surface area contributed by atoms with Crippen LogP contribution in [0.15, 0.2) is 54.3 Å². The predicted molar refractivity (Wildman–Crippen MR) is 95.8 cm³/mol. The van der Waals surface area contributed by atoms with E-state index >= 15 is 0 Å². The minimum Gasteiger partial charge on any atom is -0.502 e. The number of hydrogen-bond acceptors (Lipinski definition) is 5. The number of amides is 3. The van der Waals surface area contributed by atoms with Crippen LogP contribution in [0.2, 0.25) is 0 Å². The Balaban J connectivity index is 1.91. The minimum atomic E-state index is -0.798. The quantitative estimate of drug-likeness (QED) is 0.824. The maximum Gasteiger partial charge on any atom is 0.301 e. The molecule has 0 bridgehead atoms. The van der Waals surface area contributed by atoms with Gasteiger partial charge in [-0.05, 0) is 42.0 Å². The van der Waals surface area contributed by atoms with Gasteiger partial charge in [-0.3, -0.25) is 14.4 Å². The van der Waals surface area contributed by atoms with E-state index in [2.05, 4.69) is 5.32 Å². The van der Waals surface area contributed by atoms with Gasteiger partial charge in [-0.2, -0.15) is 0 Å². The van der Waals surface area contributed by atoms with E-state index in [1.807, 2.05) is 0 Å². The van der Waals surface area contributed by atoms with Gasteiger partial charge in [0.25, 0.3) is 5.91 Å². The lowest BCUT2D eigenvalue weighted by molar-refractivity contribution is -0.121. The lowest BCUT2D eigenvalue weighted by Crippen LogP contribution is -2.31. The molecule has 7 nitrogen and oxygen atoms in total. The number of carbonyl (C=O) groups excluding carboxylic acids is 3. The van der Waals surface area contributed by atoms with Crippen LogP contribution in [0.4, 0.5) is 11.4 Å². The molecule has 0 spiro atoms. The highest BCUT2D eigenvalue weighted by atomic mass is 16.5. The van der Waals surface area contributed by atoms with E-state index in [1.165, 1.54) is 26.2 Å². The van der Waals surface area contributed by atoms with E-state index in [4.69, 9.17) is 4.74 Å². The first kappa shape index (κ1) is 17.2. The van der Waals surface area contributed by atoms with Gasteiger partial charge in [0, 0.05) is 12.6 Å². The second-order valence-corrected chi connectivity index (χ2v) is 5.63. The van der Waals surface area contributed by atoms with E-state index in [9.17, 15) is 19.5 Å². The van der Waals surface area contributed by atoms with E-state index in [0.29, 0.717) is 22.7 Å². The zero-order valence-corrected chi connectivity index (χ0v) is 14.1. The number of hydrogen-bond donors (Lipinski definition) is 2.